The Morgan fingerprint density at radius 3 is 2.33 bits per heavy atom. The Morgan fingerprint density at radius 1 is 1.33 bits per heavy atom. The summed E-state index contributed by atoms with van der Waals surface area (Å²) < 4.78 is 22.5. The topological polar surface area (TPSA) is 57.7 Å². The summed E-state index contributed by atoms with van der Waals surface area (Å²) in [6, 6.07) is -0.00102. The molecule has 0 aromatic carbocycles. The summed E-state index contributed by atoms with van der Waals surface area (Å²) in [6.07, 6.45) is 0.638. The van der Waals surface area contributed by atoms with E-state index in [0.717, 1.165) is 0 Å². The minimum atomic E-state index is -2.86. The van der Waals surface area contributed by atoms with Gasteiger partial charge >= 0.3 is 0 Å². The monoisotopic (exact) mass is 234 g/mol. The molecule has 0 spiro atoms. The van der Waals surface area contributed by atoms with Crippen LogP contribution >= 0.6 is 0 Å². The van der Waals surface area contributed by atoms with Crippen molar-refractivity contribution in [1.82, 2.24) is 9.80 Å². The first kappa shape index (κ1) is 12.4. The van der Waals surface area contributed by atoms with E-state index in [1.54, 1.807) is 21.1 Å². The molecule has 0 aromatic rings. The van der Waals surface area contributed by atoms with Gasteiger partial charge in [0.05, 0.1) is 18.1 Å². The molecule has 1 aliphatic heterocycles. The molecule has 1 unspecified atom stereocenters. The molecule has 0 N–H and O–H groups in total. The van der Waals surface area contributed by atoms with Crippen molar-refractivity contribution in [3.63, 3.8) is 0 Å². The second-order valence-electron chi connectivity index (χ2n) is 4.26. The third kappa shape index (κ3) is 3.46. The molecule has 5 nitrogen and oxygen atoms in total. The van der Waals surface area contributed by atoms with E-state index >= 15 is 0 Å². The maximum absolute atomic E-state index is 11.4. The fraction of sp³-hybridized carbons (Fsp3) is 0.889. The van der Waals surface area contributed by atoms with E-state index in [1.165, 1.54) is 4.90 Å². The lowest BCUT2D eigenvalue weighted by atomic mass is 10.2. The zero-order chi connectivity index (χ0) is 11.6. The molecule has 1 rings (SSSR count). The average molecular weight is 234 g/mol. The lowest BCUT2D eigenvalue weighted by Gasteiger charge is -2.23. The maximum Gasteiger partial charge on any atom is 0.236 e. The second kappa shape index (κ2) is 4.49. The normalized spacial score (nSPS) is 24.4. The molecular formula is C9H18N2O3S. The van der Waals surface area contributed by atoms with Gasteiger partial charge in [-0.3, -0.25) is 9.69 Å². The van der Waals surface area contributed by atoms with Gasteiger partial charge in [-0.05, 0) is 13.5 Å². The van der Waals surface area contributed by atoms with Crippen LogP contribution in [0.1, 0.15) is 6.42 Å². The van der Waals surface area contributed by atoms with Crippen LogP contribution in [-0.4, -0.2) is 69.4 Å². The molecule has 1 amide bonds. The van der Waals surface area contributed by atoms with Crippen LogP contribution in [0.15, 0.2) is 0 Å². The van der Waals surface area contributed by atoms with Crippen LogP contribution in [0.2, 0.25) is 0 Å². The van der Waals surface area contributed by atoms with E-state index < -0.39 is 9.84 Å². The minimum absolute atomic E-state index is 0.00102. The molecule has 1 fully saturated rings. The number of likely N-dealkylation sites (N-methyl/N-ethyl adjacent to an activating group) is 2. The summed E-state index contributed by atoms with van der Waals surface area (Å²) in [4.78, 5) is 14.7. The number of carbonyl (C=O) groups is 1. The first-order chi connectivity index (χ1) is 6.82. The van der Waals surface area contributed by atoms with Gasteiger partial charge in [0.1, 0.15) is 0 Å². The van der Waals surface area contributed by atoms with Gasteiger partial charge in [-0.15, -0.1) is 0 Å². The van der Waals surface area contributed by atoms with Crippen molar-refractivity contribution >= 4 is 15.7 Å². The molecule has 0 aromatic heterocycles. The van der Waals surface area contributed by atoms with Crippen molar-refractivity contribution in [3.05, 3.63) is 0 Å². The van der Waals surface area contributed by atoms with E-state index in [0.29, 0.717) is 6.42 Å². The highest BCUT2D eigenvalue weighted by Crippen LogP contribution is 2.16. The first-order valence-electron chi connectivity index (χ1n) is 4.92. The third-order valence-electron chi connectivity index (χ3n) is 2.72. The fourth-order valence-corrected chi connectivity index (χ4v) is 3.41. The van der Waals surface area contributed by atoms with Gasteiger partial charge in [-0.1, -0.05) is 0 Å². The molecule has 1 atom stereocenters. The highest BCUT2D eigenvalue weighted by molar-refractivity contribution is 7.91. The van der Waals surface area contributed by atoms with Crippen molar-refractivity contribution in [2.45, 2.75) is 12.5 Å². The summed E-state index contributed by atoms with van der Waals surface area (Å²) in [6.45, 7) is 0.285. The van der Waals surface area contributed by atoms with Gasteiger partial charge in [-0.2, -0.15) is 0 Å². The van der Waals surface area contributed by atoms with Crippen LogP contribution in [0.4, 0.5) is 0 Å². The molecule has 0 radical (unpaired) electrons. The number of nitrogens with zero attached hydrogens (tertiary/aromatic N) is 2. The summed E-state index contributed by atoms with van der Waals surface area (Å²) in [5.74, 6) is 0.435. The van der Waals surface area contributed by atoms with E-state index in [1.807, 2.05) is 4.90 Å². The number of hydrogen-bond donors (Lipinski definition) is 0. The Hall–Kier alpha value is -0.620. The van der Waals surface area contributed by atoms with E-state index in [9.17, 15) is 13.2 Å². The van der Waals surface area contributed by atoms with Gasteiger partial charge in [0, 0.05) is 20.1 Å². The Balaban J connectivity index is 2.49. The van der Waals surface area contributed by atoms with Crippen molar-refractivity contribution in [2.24, 2.45) is 0 Å². The van der Waals surface area contributed by atoms with Gasteiger partial charge in [0.2, 0.25) is 5.91 Å². The van der Waals surface area contributed by atoms with Crippen LogP contribution in [-0.2, 0) is 14.6 Å². The Labute approximate surface area is 91.0 Å². The number of hydrogen-bond acceptors (Lipinski definition) is 4. The molecule has 0 bridgehead atoms. The van der Waals surface area contributed by atoms with Crippen LogP contribution in [0.25, 0.3) is 0 Å². The Morgan fingerprint density at radius 2 is 1.93 bits per heavy atom. The standard InChI is InChI=1S/C9H18N2O3S/c1-10(2)9(12)6-11(3)8-4-5-15(13,14)7-8/h8H,4-7H2,1-3H3. The lowest BCUT2D eigenvalue weighted by Crippen LogP contribution is -2.40. The Kier molecular flexibility index (Phi) is 3.72. The van der Waals surface area contributed by atoms with Gasteiger partial charge in [0.15, 0.2) is 9.84 Å². The number of rotatable bonds is 3. The third-order valence-corrected chi connectivity index (χ3v) is 4.47. The molecule has 0 aliphatic carbocycles. The van der Waals surface area contributed by atoms with E-state index in [2.05, 4.69) is 0 Å². The average Bonchev–Trinajstić information content (AvgIpc) is 2.45. The van der Waals surface area contributed by atoms with E-state index in [4.69, 9.17) is 0 Å². The predicted molar refractivity (Wildman–Crippen MR) is 58.4 cm³/mol. The lowest BCUT2D eigenvalue weighted by molar-refractivity contribution is -0.130. The largest absolute Gasteiger partial charge is 0.348 e. The van der Waals surface area contributed by atoms with Gasteiger partial charge < -0.3 is 4.90 Å². The van der Waals surface area contributed by atoms with Crippen molar-refractivity contribution in [2.75, 3.05) is 39.2 Å². The first-order valence-corrected chi connectivity index (χ1v) is 6.75. The summed E-state index contributed by atoms with van der Waals surface area (Å²) in [5, 5.41) is 0. The van der Waals surface area contributed by atoms with Crippen LogP contribution in [0.5, 0.6) is 0 Å². The zero-order valence-corrected chi connectivity index (χ0v) is 10.2. The van der Waals surface area contributed by atoms with Crippen LogP contribution in [0, 0.1) is 0 Å². The van der Waals surface area contributed by atoms with Crippen molar-refractivity contribution in [1.29, 1.82) is 0 Å². The highest BCUT2D eigenvalue weighted by Gasteiger charge is 2.31. The molecular weight excluding hydrogens is 216 g/mol. The highest BCUT2D eigenvalue weighted by atomic mass is 32.2. The van der Waals surface area contributed by atoms with Gasteiger partial charge in [-0.25, -0.2) is 8.42 Å². The molecule has 1 saturated heterocycles. The Bertz CT molecular complexity index is 337. The molecule has 15 heavy (non-hydrogen) atoms. The maximum atomic E-state index is 11.4. The van der Waals surface area contributed by atoms with Crippen molar-refractivity contribution in [3.8, 4) is 0 Å². The zero-order valence-electron chi connectivity index (χ0n) is 9.43. The SMILES string of the molecule is CN(C)C(=O)CN(C)C1CCS(=O)(=O)C1. The van der Waals surface area contributed by atoms with Crippen LogP contribution in [0.3, 0.4) is 0 Å². The second-order valence-corrected chi connectivity index (χ2v) is 6.49. The summed E-state index contributed by atoms with van der Waals surface area (Å²) >= 11 is 0. The number of sulfone groups is 1. The van der Waals surface area contributed by atoms with Gasteiger partial charge in [0.25, 0.3) is 0 Å². The molecule has 88 valence electrons. The molecule has 1 aliphatic rings. The molecule has 0 saturated carbocycles. The minimum Gasteiger partial charge on any atom is -0.348 e. The quantitative estimate of drug-likeness (QED) is 0.641. The predicted octanol–water partition coefficient (Wildman–Crippen LogP) is -0.806. The van der Waals surface area contributed by atoms with Crippen LogP contribution < -0.4 is 0 Å². The molecule has 1 heterocycles. The number of amides is 1. The summed E-state index contributed by atoms with van der Waals surface area (Å²) in [5.41, 5.74) is 0. The van der Waals surface area contributed by atoms with Crippen molar-refractivity contribution < 1.29 is 13.2 Å². The summed E-state index contributed by atoms with van der Waals surface area (Å²) in [7, 11) is 2.33. The number of carbonyl (C=O) groups excluding carboxylic acids is 1. The molecule has 6 heteroatoms. The smallest absolute Gasteiger partial charge is 0.236 e. The fourth-order valence-electron chi connectivity index (χ4n) is 1.61. The van der Waals surface area contributed by atoms with E-state index in [-0.39, 0.29) is 30.0 Å².